The topological polar surface area (TPSA) is 29.5 Å². The van der Waals surface area contributed by atoms with Crippen LogP contribution in [0.25, 0.3) is 0 Å². The van der Waals surface area contributed by atoms with Crippen molar-refractivity contribution in [2.45, 2.75) is 46.3 Å². The van der Waals surface area contributed by atoms with Gasteiger partial charge in [-0.2, -0.15) is 0 Å². The highest BCUT2D eigenvalue weighted by Gasteiger charge is 2.29. The molecule has 1 aliphatic rings. The molecule has 1 amide bonds. The monoisotopic (exact) mass is 309 g/mol. The number of benzene rings is 2. The summed E-state index contributed by atoms with van der Waals surface area (Å²) < 4.78 is 5.70. The SMILES string of the molecule is CC(C)Oc1ccc2c(c1)C(=O)N(c1ccc(C(C)C)cc1)C2. The zero-order chi connectivity index (χ0) is 16.6. The van der Waals surface area contributed by atoms with Crippen LogP contribution in [0.1, 0.15) is 55.1 Å². The van der Waals surface area contributed by atoms with Crippen LogP contribution in [0.4, 0.5) is 5.69 Å². The van der Waals surface area contributed by atoms with Gasteiger partial charge in [0.1, 0.15) is 5.75 Å². The minimum atomic E-state index is 0.0477. The molecule has 2 aromatic carbocycles. The zero-order valence-electron chi connectivity index (χ0n) is 14.2. The second-order valence-corrected chi connectivity index (χ2v) is 6.62. The molecule has 0 saturated heterocycles. The van der Waals surface area contributed by atoms with Crippen LogP contribution in [0.2, 0.25) is 0 Å². The molecule has 3 rings (SSSR count). The molecule has 0 bridgehead atoms. The first-order chi connectivity index (χ1) is 11.0. The van der Waals surface area contributed by atoms with Crippen LogP contribution < -0.4 is 9.64 Å². The lowest BCUT2D eigenvalue weighted by molar-refractivity contribution is 0.0996. The lowest BCUT2D eigenvalue weighted by Gasteiger charge is -2.16. The van der Waals surface area contributed by atoms with Crippen molar-refractivity contribution in [1.29, 1.82) is 0 Å². The number of hydrogen-bond donors (Lipinski definition) is 0. The molecule has 2 aromatic rings. The second-order valence-electron chi connectivity index (χ2n) is 6.62. The van der Waals surface area contributed by atoms with Crippen LogP contribution in [0.5, 0.6) is 5.75 Å². The third-order valence-electron chi connectivity index (χ3n) is 4.13. The Morgan fingerprint density at radius 2 is 1.70 bits per heavy atom. The maximum atomic E-state index is 12.7. The highest BCUT2D eigenvalue weighted by Crippen LogP contribution is 2.31. The molecule has 0 saturated carbocycles. The Labute approximate surface area is 137 Å². The molecule has 3 nitrogen and oxygen atoms in total. The van der Waals surface area contributed by atoms with Crippen LogP contribution in [0, 0.1) is 0 Å². The number of carbonyl (C=O) groups excluding carboxylic acids is 1. The van der Waals surface area contributed by atoms with E-state index < -0.39 is 0 Å². The van der Waals surface area contributed by atoms with E-state index in [-0.39, 0.29) is 12.0 Å². The normalized spacial score (nSPS) is 13.8. The van der Waals surface area contributed by atoms with Crippen molar-refractivity contribution in [1.82, 2.24) is 0 Å². The molecule has 0 aliphatic carbocycles. The first-order valence-corrected chi connectivity index (χ1v) is 8.17. The molecule has 1 heterocycles. The van der Waals surface area contributed by atoms with Crippen molar-refractivity contribution in [2.75, 3.05) is 4.90 Å². The minimum Gasteiger partial charge on any atom is -0.491 e. The van der Waals surface area contributed by atoms with Crippen LogP contribution in [0.3, 0.4) is 0 Å². The number of ether oxygens (including phenoxy) is 1. The number of anilines is 1. The van der Waals surface area contributed by atoms with E-state index in [9.17, 15) is 4.79 Å². The van der Waals surface area contributed by atoms with Gasteiger partial charge in [-0.15, -0.1) is 0 Å². The fourth-order valence-corrected chi connectivity index (χ4v) is 2.87. The fourth-order valence-electron chi connectivity index (χ4n) is 2.87. The van der Waals surface area contributed by atoms with Crippen molar-refractivity contribution in [3.8, 4) is 5.75 Å². The Kier molecular flexibility index (Phi) is 4.12. The Bertz CT molecular complexity index is 717. The molecule has 0 fully saturated rings. The molecule has 1 aliphatic heterocycles. The van der Waals surface area contributed by atoms with Gasteiger partial charge in [-0.1, -0.05) is 32.0 Å². The molecule has 0 radical (unpaired) electrons. The van der Waals surface area contributed by atoms with E-state index in [1.807, 2.05) is 49.1 Å². The van der Waals surface area contributed by atoms with Crippen LogP contribution in [-0.4, -0.2) is 12.0 Å². The van der Waals surface area contributed by atoms with Crippen LogP contribution in [0.15, 0.2) is 42.5 Å². The smallest absolute Gasteiger partial charge is 0.259 e. The van der Waals surface area contributed by atoms with E-state index in [1.54, 1.807) is 0 Å². The highest BCUT2D eigenvalue weighted by atomic mass is 16.5. The minimum absolute atomic E-state index is 0.0477. The summed E-state index contributed by atoms with van der Waals surface area (Å²) >= 11 is 0. The van der Waals surface area contributed by atoms with Crippen molar-refractivity contribution in [3.05, 3.63) is 59.2 Å². The summed E-state index contributed by atoms with van der Waals surface area (Å²) in [6.07, 6.45) is 0.101. The average Bonchev–Trinajstić information content (AvgIpc) is 2.84. The third-order valence-corrected chi connectivity index (χ3v) is 4.13. The summed E-state index contributed by atoms with van der Waals surface area (Å²) in [4.78, 5) is 14.6. The molecular weight excluding hydrogens is 286 g/mol. The van der Waals surface area contributed by atoms with Crippen molar-refractivity contribution in [3.63, 3.8) is 0 Å². The van der Waals surface area contributed by atoms with Gasteiger partial charge in [0.2, 0.25) is 0 Å². The Hall–Kier alpha value is -2.29. The van der Waals surface area contributed by atoms with E-state index in [0.29, 0.717) is 12.5 Å². The number of fused-ring (bicyclic) bond motifs is 1. The van der Waals surface area contributed by atoms with Gasteiger partial charge in [-0.25, -0.2) is 0 Å². The molecule has 0 aromatic heterocycles. The van der Waals surface area contributed by atoms with Gasteiger partial charge in [-0.3, -0.25) is 4.79 Å². The van der Waals surface area contributed by atoms with Crippen molar-refractivity contribution < 1.29 is 9.53 Å². The molecule has 0 unspecified atom stereocenters. The highest BCUT2D eigenvalue weighted by molar-refractivity contribution is 6.10. The first-order valence-electron chi connectivity index (χ1n) is 8.17. The number of nitrogens with zero attached hydrogens (tertiary/aromatic N) is 1. The fraction of sp³-hybridized carbons (Fsp3) is 0.350. The van der Waals surface area contributed by atoms with Gasteiger partial charge in [0.05, 0.1) is 12.6 Å². The maximum absolute atomic E-state index is 12.7. The van der Waals surface area contributed by atoms with Gasteiger partial charge in [0, 0.05) is 11.3 Å². The Balaban J connectivity index is 1.85. The predicted octanol–water partition coefficient (Wildman–Crippen LogP) is 4.76. The van der Waals surface area contributed by atoms with Gasteiger partial charge >= 0.3 is 0 Å². The summed E-state index contributed by atoms with van der Waals surface area (Å²) in [7, 11) is 0. The van der Waals surface area contributed by atoms with Crippen LogP contribution in [-0.2, 0) is 6.54 Å². The Morgan fingerprint density at radius 1 is 1.00 bits per heavy atom. The van der Waals surface area contributed by atoms with E-state index in [2.05, 4.69) is 26.0 Å². The van der Waals surface area contributed by atoms with Crippen molar-refractivity contribution in [2.24, 2.45) is 0 Å². The average molecular weight is 309 g/mol. The number of rotatable bonds is 4. The molecule has 0 spiro atoms. The molecule has 3 heteroatoms. The van der Waals surface area contributed by atoms with Gasteiger partial charge in [0.25, 0.3) is 5.91 Å². The second kappa shape index (κ2) is 6.07. The summed E-state index contributed by atoms with van der Waals surface area (Å²) in [6, 6.07) is 14.1. The number of hydrogen-bond acceptors (Lipinski definition) is 2. The molecule has 0 atom stereocenters. The largest absolute Gasteiger partial charge is 0.491 e. The van der Waals surface area contributed by atoms with E-state index >= 15 is 0 Å². The number of amides is 1. The summed E-state index contributed by atoms with van der Waals surface area (Å²) in [5.41, 5.74) is 4.03. The Morgan fingerprint density at radius 3 is 2.30 bits per heavy atom. The molecule has 0 N–H and O–H groups in total. The number of carbonyl (C=O) groups is 1. The first kappa shape index (κ1) is 15.6. The quantitative estimate of drug-likeness (QED) is 0.815. The summed E-state index contributed by atoms with van der Waals surface area (Å²) in [5.74, 6) is 1.29. The maximum Gasteiger partial charge on any atom is 0.259 e. The lowest BCUT2D eigenvalue weighted by atomic mass is 10.0. The third kappa shape index (κ3) is 3.09. The zero-order valence-corrected chi connectivity index (χ0v) is 14.2. The van der Waals surface area contributed by atoms with Gasteiger partial charge < -0.3 is 9.64 Å². The predicted molar refractivity (Wildman–Crippen MR) is 93.3 cm³/mol. The van der Waals surface area contributed by atoms with Crippen LogP contribution >= 0.6 is 0 Å². The standard InChI is InChI=1S/C20H23NO2/c1-13(2)15-5-8-17(9-6-15)21-12-16-7-10-18(23-14(3)4)11-19(16)20(21)22/h5-11,13-14H,12H2,1-4H3. The summed E-state index contributed by atoms with van der Waals surface area (Å²) in [5, 5.41) is 0. The van der Waals surface area contributed by atoms with E-state index in [1.165, 1.54) is 5.56 Å². The molecular formula is C20H23NO2. The van der Waals surface area contributed by atoms with E-state index in [0.717, 1.165) is 22.6 Å². The summed E-state index contributed by atoms with van der Waals surface area (Å²) in [6.45, 7) is 8.93. The van der Waals surface area contributed by atoms with E-state index in [4.69, 9.17) is 4.74 Å². The lowest BCUT2D eigenvalue weighted by Crippen LogP contribution is -2.22. The van der Waals surface area contributed by atoms with Crippen molar-refractivity contribution >= 4 is 11.6 Å². The van der Waals surface area contributed by atoms with Gasteiger partial charge in [-0.05, 0) is 55.2 Å². The molecule has 23 heavy (non-hydrogen) atoms. The van der Waals surface area contributed by atoms with Gasteiger partial charge in [0.15, 0.2) is 0 Å². The molecule has 120 valence electrons.